The van der Waals surface area contributed by atoms with E-state index in [1.807, 2.05) is 65.5 Å². The molecule has 0 bridgehead atoms. The molecule has 1 amide bonds. The van der Waals surface area contributed by atoms with Crippen LogP contribution in [0.2, 0.25) is 0 Å². The Morgan fingerprint density at radius 1 is 1.03 bits per heavy atom. The number of rotatable bonds is 8. The van der Waals surface area contributed by atoms with E-state index in [4.69, 9.17) is 9.47 Å². The highest BCUT2D eigenvalue weighted by Gasteiger charge is 2.12. The second kappa shape index (κ2) is 10.2. The molecule has 0 atom stereocenters. The molecule has 1 N–H and O–H groups in total. The van der Waals surface area contributed by atoms with Crippen molar-refractivity contribution in [3.63, 3.8) is 0 Å². The lowest BCUT2D eigenvalue weighted by Gasteiger charge is -2.13. The first-order chi connectivity index (χ1) is 15.6. The van der Waals surface area contributed by atoms with E-state index in [0.717, 1.165) is 27.0 Å². The van der Waals surface area contributed by atoms with Gasteiger partial charge in [-0.1, -0.05) is 24.3 Å². The van der Waals surface area contributed by atoms with E-state index in [2.05, 4.69) is 26.3 Å². The van der Waals surface area contributed by atoms with Crippen molar-refractivity contribution in [2.24, 2.45) is 0 Å². The monoisotopic (exact) mass is 491 g/mol. The van der Waals surface area contributed by atoms with Gasteiger partial charge in [-0.15, -0.1) is 0 Å². The predicted molar refractivity (Wildman–Crippen MR) is 127 cm³/mol. The van der Waals surface area contributed by atoms with Crippen LogP contribution in [0, 0.1) is 0 Å². The summed E-state index contributed by atoms with van der Waals surface area (Å²) >= 11 is 3.48. The number of aromatic nitrogens is 2. The van der Waals surface area contributed by atoms with Crippen LogP contribution in [0.15, 0.2) is 89.7 Å². The molecule has 1 aromatic heterocycles. The summed E-state index contributed by atoms with van der Waals surface area (Å²) in [7, 11) is 1.60. The number of nitrogens with one attached hydrogen (secondary N) is 1. The molecule has 0 unspecified atom stereocenters. The van der Waals surface area contributed by atoms with Gasteiger partial charge >= 0.3 is 0 Å². The number of para-hydroxylation sites is 1. The summed E-state index contributed by atoms with van der Waals surface area (Å²) in [4.78, 5) is 12.8. The maximum Gasteiger partial charge on any atom is 0.255 e. The zero-order valence-electron chi connectivity index (χ0n) is 17.5. The quantitative estimate of drug-likeness (QED) is 0.351. The van der Waals surface area contributed by atoms with Gasteiger partial charge in [-0.05, 0) is 70.0 Å². The molecule has 6 nitrogen and oxygen atoms in total. The average molecular weight is 492 g/mol. The Bertz CT molecular complexity index is 1190. The molecule has 4 rings (SSSR count). The molecule has 32 heavy (non-hydrogen) atoms. The largest absolute Gasteiger partial charge is 0.496 e. The highest BCUT2D eigenvalue weighted by Crippen LogP contribution is 2.27. The van der Waals surface area contributed by atoms with Crippen molar-refractivity contribution in [3.8, 4) is 11.5 Å². The summed E-state index contributed by atoms with van der Waals surface area (Å²) in [6.07, 6.45) is 3.67. The zero-order chi connectivity index (χ0) is 22.3. The van der Waals surface area contributed by atoms with Crippen LogP contribution in [0.3, 0.4) is 0 Å². The number of anilines is 1. The van der Waals surface area contributed by atoms with Crippen molar-refractivity contribution in [2.75, 3.05) is 12.4 Å². The fraction of sp³-hybridized carbons (Fsp3) is 0.120. The van der Waals surface area contributed by atoms with E-state index in [1.54, 1.807) is 31.5 Å². The molecule has 0 aliphatic heterocycles. The fourth-order valence-electron chi connectivity index (χ4n) is 3.23. The van der Waals surface area contributed by atoms with Gasteiger partial charge in [0, 0.05) is 29.2 Å². The van der Waals surface area contributed by atoms with Crippen LogP contribution in [-0.4, -0.2) is 22.8 Å². The van der Waals surface area contributed by atoms with Crippen LogP contribution in [0.1, 0.15) is 21.5 Å². The minimum atomic E-state index is -0.199. The third-order valence-corrected chi connectivity index (χ3v) is 5.53. The summed E-state index contributed by atoms with van der Waals surface area (Å²) in [5.41, 5.74) is 3.13. The third-order valence-electron chi connectivity index (χ3n) is 4.88. The summed E-state index contributed by atoms with van der Waals surface area (Å²) in [6, 6.07) is 22.5. The normalized spacial score (nSPS) is 10.6. The molecule has 0 saturated heterocycles. The topological polar surface area (TPSA) is 65.4 Å². The van der Waals surface area contributed by atoms with Gasteiger partial charge in [-0.2, -0.15) is 5.10 Å². The lowest BCUT2D eigenvalue weighted by Crippen LogP contribution is -2.13. The Hall–Kier alpha value is -3.58. The summed E-state index contributed by atoms with van der Waals surface area (Å²) < 4.78 is 14.1. The summed E-state index contributed by atoms with van der Waals surface area (Å²) in [5, 5.41) is 7.15. The van der Waals surface area contributed by atoms with E-state index in [1.165, 1.54) is 0 Å². The molecular formula is C25H22BrN3O3. The van der Waals surface area contributed by atoms with Gasteiger partial charge in [-0.25, -0.2) is 0 Å². The van der Waals surface area contributed by atoms with Crippen LogP contribution in [0.4, 0.5) is 5.69 Å². The number of methoxy groups -OCH3 is 1. The minimum Gasteiger partial charge on any atom is -0.496 e. The van der Waals surface area contributed by atoms with Crippen LogP contribution in [0.25, 0.3) is 0 Å². The Morgan fingerprint density at radius 3 is 2.56 bits per heavy atom. The Kier molecular flexibility index (Phi) is 6.87. The van der Waals surface area contributed by atoms with Gasteiger partial charge in [0.05, 0.1) is 18.1 Å². The van der Waals surface area contributed by atoms with Gasteiger partial charge in [0.2, 0.25) is 0 Å². The summed E-state index contributed by atoms with van der Waals surface area (Å²) in [5.74, 6) is 1.19. The number of carbonyl (C=O) groups is 1. The number of halogens is 1. The van der Waals surface area contributed by atoms with E-state index in [0.29, 0.717) is 17.9 Å². The molecule has 0 spiro atoms. The van der Waals surface area contributed by atoms with E-state index < -0.39 is 0 Å². The number of hydrogen-bond acceptors (Lipinski definition) is 4. The van der Waals surface area contributed by atoms with E-state index >= 15 is 0 Å². The van der Waals surface area contributed by atoms with Gasteiger partial charge < -0.3 is 14.8 Å². The lowest BCUT2D eigenvalue weighted by molar-refractivity contribution is 0.102. The number of amides is 1. The minimum absolute atomic E-state index is 0.199. The Labute approximate surface area is 194 Å². The first-order valence-electron chi connectivity index (χ1n) is 10.0. The molecule has 4 aromatic rings. The molecule has 7 heteroatoms. The van der Waals surface area contributed by atoms with Crippen molar-refractivity contribution >= 4 is 27.5 Å². The van der Waals surface area contributed by atoms with Crippen molar-refractivity contribution < 1.29 is 14.3 Å². The van der Waals surface area contributed by atoms with E-state index in [9.17, 15) is 4.79 Å². The van der Waals surface area contributed by atoms with Crippen molar-refractivity contribution in [1.29, 1.82) is 0 Å². The van der Waals surface area contributed by atoms with Crippen LogP contribution >= 0.6 is 15.9 Å². The van der Waals surface area contributed by atoms with Crippen molar-refractivity contribution in [1.82, 2.24) is 9.78 Å². The maximum absolute atomic E-state index is 12.8. The predicted octanol–water partition coefficient (Wildman–Crippen LogP) is 5.53. The lowest BCUT2D eigenvalue weighted by atomic mass is 10.1. The van der Waals surface area contributed by atoms with Crippen LogP contribution in [-0.2, 0) is 13.2 Å². The number of benzene rings is 3. The fourth-order valence-corrected chi connectivity index (χ4v) is 3.63. The Morgan fingerprint density at radius 2 is 1.84 bits per heavy atom. The number of hydrogen-bond donors (Lipinski definition) is 1. The molecule has 1 heterocycles. The van der Waals surface area contributed by atoms with Gasteiger partial charge in [0.25, 0.3) is 5.91 Å². The maximum atomic E-state index is 12.8. The smallest absolute Gasteiger partial charge is 0.255 e. The van der Waals surface area contributed by atoms with Crippen LogP contribution in [0.5, 0.6) is 11.5 Å². The second-order valence-corrected chi connectivity index (χ2v) is 7.95. The molecule has 0 fully saturated rings. The highest BCUT2D eigenvalue weighted by molar-refractivity contribution is 9.10. The second-order valence-electron chi connectivity index (χ2n) is 7.10. The van der Waals surface area contributed by atoms with Crippen LogP contribution < -0.4 is 14.8 Å². The zero-order valence-corrected chi connectivity index (χ0v) is 19.1. The standard InChI is InChI=1S/C25H22BrN3O3/c1-31-23-12-9-19(15-20(23)17-32-24-6-3-2-5-22(24)26)25(30)28-21-10-7-18(8-11-21)16-29-14-4-13-27-29/h2-15H,16-17H2,1H3,(H,28,30). The average Bonchev–Trinajstić information content (AvgIpc) is 3.32. The third kappa shape index (κ3) is 5.36. The first kappa shape index (κ1) is 21.6. The summed E-state index contributed by atoms with van der Waals surface area (Å²) in [6.45, 7) is 0.954. The molecule has 0 aliphatic carbocycles. The highest BCUT2D eigenvalue weighted by atomic mass is 79.9. The molecule has 3 aromatic carbocycles. The molecule has 0 saturated carbocycles. The number of carbonyl (C=O) groups excluding carboxylic acids is 1. The molecular weight excluding hydrogens is 470 g/mol. The van der Waals surface area contributed by atoms with Gasteiger partial charge in [0.1, 0.15) is 18.1 Å². The SMILES string of the molecule is COc1ccc(C(=O)Nc2ccc(Cn3cccn3)cc2)cc1COc1ccccc1Br. The van der Waals surface area contributed by atoms with Gasteiger partial charge in [0.15, 0.2) is 0 Å². The van der Waals surface area contributed by atoms with Gasteiger partial charge in [-0.3, -0.25) is 9.48 Å². The van der Waals surface area contributed by atoms with E-state index in [-0.39, 0.29) is 12.5 Å². The van der Waals surface area contributed by atoms with Crippen molar-refractivity contribution in [2.45, 2.75) is 13.2 Å². The van der Waals surface area contributed by atoms with Crippen molar-refractivity contribution in [3.05, 3.63) is 106 Å². The number of ether oxygens (including phenoxy) is 2. The molecule has 0 aliphatic rings. The Balaban J connectivity index is 1.44. The molecule has 0 radical (unpaired) electrons. The molecule has 162 valence electrons. The first-order valence-corrected chi connectivity index (χ1v) is 10.8. The number of nitrogens with zero attached hydrogens (tertiary/aromatic N) is 2.